The van der Waals surface area contributed by atoms with Crippen LogP contribution < -0.4 is 14.8 Å². The molecule has 0 radical (unpaired) electrons. The molecular weight excluding hydrogens is 452 g/mol. The summed E-state index contributed by atoms with van der Waals surface area (Å²) in [5, 5.41) is 2.83. The maximum absolute atomic E-state index is 13.5. The lowest BCUT2D eigenvalue weighted by Crippen LogP contribution is -2.40. The predicted molar refractivity (Wildman–Crippen MR) is 131 cm³/mol. The summed E-state index contributed by atoms with van der Waals surface area (Å²) in [7, 11) is -0.779. The van der Waals surface area contributed by atoms with E-state index in [0.29, 0.717) is 24.3 Å². The number of ether oxygens (including phenoxy) is 2. The summed E-state index contributed by atoms with van der Waals surface area (Å²) in [5.41, 5.74) is 2.54. The number of aryl methyl sites for hydroxylation is 1. The minimum absolute atomic E-state index is 0.0835. The summed E-state index contributed by atoms with van der Waals surface area (Å²) in [6.07, 6.45) is 0.624. The number of carbonyl (C=O) groups is 1. The van der Waals surface area contributed by atoms with Crippen molar-refractivity contribution < 1.29 is 22.7 Å². The summed E-state index contributed by atoms with van der Waals surface area (Å²) < 4.78 is 38.5. The van der Waals surface area contributed by atoms with E-state index in [2.05, 4.69) is 5.32 Å². The smallest absolute Gasteiger partial charge is 0.243 e. The second-order valence-electron chi connectivity index (χ2n) is 7.84. The van der Waals surface area contributed by atoms with Crippen molar-refractivity contribution in [2.45, 2.75) is 24.8 Å². The van der Waals surface area contributed by atoms with Crippen LogP contribution in [0.15, 0.2) is 77.7 Å². The molecule has 3 rings (SSSR count). The zero-order chi connectivity index (χ0) is 24.6. The molecule has 0 bridgehead atoms. The Kier molecular flexibility index (Phi) is 8.67. The molecular formula is C26H30N2O5S. The third-order valence-electron chi connectivity index (χ3n) is 5.42. The minimum atomic E-state index is -3.92. The Hall–Kier alpha value is -3.36. The lowest BCUT2D eigenvalue weighted by molar-refractivity contribution is -0.121. The first-order valence-electron chi connectivity index (χ1n) is 10.9. The molecule has 0 aliphatic carbocycles. The molecule has 3 aromatic carbocycles. The molecule has 7 nitrogen and oxygen atoms in total. The molecule has 0 aliphatic rings. The van der Waals surface area contributed by atoms with Crippen molar-refractivity contribution in [1.82, 2.24) is 9.62 Å². The van der Waals surface area contributed by atoms with Crippen LogP contribution >= 0.6 is 0 Å². The van der Waals surface area contributed by atoms with Crippen molar-refractivity contribution in [3.8, 4) is 11.5 Å². The zero-order valence-electron chi connectivity index (χ0n) is 19.7. The van der Waals surface area contributed by atoms with E-state index in [1.165, 1.54) is 17.5 Å². The number of carbonyl (C=O) groups excluding carboxylic acids is 1. The highest BCUT2D eigenvalue weighted by Crippen LogP contribution is 2.24. The third-order valence-corrected chi connectivity index (χ3v) is 7.21. The molecule has 0 unspecified atom stereocenters. The van der Waals surface area contributed by atoms with Gasteiger partial charge in [-0.25, -0.2) is 8.42 Å². The molecule has 8 heteroatoms. The van der Waals surface area contributed by atoms with Crippen molar-refractivity contribution in [2.24, 2.45) is 0 Å². The number of nitrogens with zero attached hydrogens (tertiary/aromatic N) is 1. The average molecular weight is 483 g/mol. The maximum Gasteiger partial charge on any atom is 0.243 e. The van der Waals surface area contributed by atoms with E-state index in [1.807, 2.05) is 54.6 Å². The first-order valence-corrected chi connectivity index (χ1v) is 12.4. The van der Waals surface area contributed by atoms with Gasteiger partial charge < -0.3 is 14.8 Å². The van der Waals surface area contributed by atoms with Gasteiger partial charge in [0.15, 0.2) is 0 Å². The van der Waals surface area contributed by atoms with Crippen LogP contribution in [0.2, 0.25) is 0 Å². The number of hydrogen-bond donors (Lipinski definition) is 1. The van der Waals surface area contributed by atoms with Crippen LogP contribution in [0.1, 0.15) is 16.7 Å². The van der Waals surface area contributed by atoms with E-state index in [0.717, 1.165) is 16.9 Å². The van der Waals surface area contributed by atoms with E-state index in [1.54, 1.807) is 26.2 Å². The van der Waals surface area contributed by atoms with Crippen molar-refractivity contribution in [2.75, 3.05) is 27.3 Å². The molecule has 1 amide bonds. The lowest BCUT2D eigenvalue weighted by Gasteiger charge is -2.22. The summed E-state index contributed by atoms with van der Waals surface area (Å²) in [6.45, 7) is 1.97. The summed E-state index contributed by atoms with van der Waals surface area (Å²) in [6, 6.07) is 21.5. The van der Waals surface area contributed by atoms with Gasteiger partial charge in [0.2, 0.25) is 15.9 Å². The SMILES string of the molecule is COc1ccc(CCNC(=O)CN(Cc2ccccc2)S(=O)(=O)c2ccc(OC)c(C)c2)cc1. The van der Waals surface area contributed by atoms with E-state index in [9.17, 15) is 13.2 Å². The molecule has 0 saturated carbocycles. The van der Waals surface area contributed by atoms with Gasteiger partial charge in [-0.15, -0.1) is 0 Å². The van der Waals surface area contributed by atoms with Gasteiger partial charge >= 0.3 is 0 Å². The van der Waals surface area contributed by atoms with Gasteiger partial charge in [0.05, 0.1) is 25.7 Å². The van der Waals surface area contributed by atoms with Gasteiger partial charge in [-0.3, -0.25) is 4.79 Å². The van der Waals surface area contributed by atoms with E-state index in [4.69, 9.17) is 9.47 Å². The van der Waals surface area contributed by atoms with Crippen LogP contribution in [0.4, 0.5) is 0 Å². The van der Waals surface area contributed by atoms with Crippen molar-refractivity contribution in [3.63, 3.8) is 0 Å². The minimum Gasteiger partial charge on any atom is -0.497 e. The summed E-state index contributed by atoms with van der Waals surface area (Å²) in [5.74, 6) is 1.01. The largest absolute Gasteiger partial charge is 0.497 e. The average Bonchev–Trinajstić information content (AvgIpc) is 2.84. The first-order chi connectivity index (χ1) is 16.3. The second kappa shape index (κ2) is 11.7. The lowest BCUT2D eigenvalue weighted by atomic mass is 10.1. The van der Waals surface area contributed by atoms with Crippen LogP contribution in [-0.4, -0.2) is 45.9 Å². The van der Waals surface area contributed by atoms with Gasteiger partial charge in [-0.05, 0) is 60.4 Å². The second-order valence-corrected chi connectivity index (χ2v) is 9.78. The van der Waals surface area contributed by atoms with Gasteiger partial charge in [0.1, 0.15) is 11.5 Å². The summed E-state index contributed by atoms with van der Waals surface area (Å²) in [4.78, 5) is 12.8. The van der Waals surface area contributed by atoms with E-state index >= 15 is 0 Å². The fourth-order valence-electron chi connectivity index (χ4n) is 3.53. The Bertz CT molecular complexity index is 1200. The highest BCUT2D eigenvalue weighted by Gasteiger charge is 2.27. The Balaban J connectivity index is 1.73. The molecule has 0 atom stereocenters. The number of amides is 1. The van der Waals surface area contributed by atoms with Crippen molar-refractivity contribution in [1.29, 1.82) is 0 Å². The van der Waals surface area contributed by atoms with Gasteiger partial charge in [-0.2, -0.15) is 4.31 Å². The highest BCUT2D eigenvalue weighted by molar-refractivity contribution is 7.89. The Morgan fingerprint density at radius 2 is 1.62 bits per heavy atom. The standard InChI is InChI=1S/C26H30N2O5S/c1-20-17-24(13-14-25(20)33-3)34(30,31)28(18-22-7-5-4-6-8-22)19-26(29)27-16-15-21-9-11-23(32-2)12-10-21/h4-14,17H,15-16,18-19H2,1-3H3,(H,27,29). The van der Waals surface area contributed by atoms with Crippen molar-refractivity contribution >= 4 is 15.9 Å². The molecule has 3 aromatic rings. The van der Waals surface area contributed by atoms with Crippen LogP contribution in [0, 0.1) is 6.92 Å². The molecule has 0 aliphatic heterocycles. The molecule has 0 aromatic heterocycles. The molecule has 0 spiro atoms. The Labute approximate surface area is 201 Å². The number of methoxy groups -OCH3 is 2. The maximum atomic E-state index is 13.5. The van der Waals surface area contributed by atoms with Crippen LogP contribution in [-0.2, 0) is 27.8 Å². The monoisotopic (exact) mass is 482 g/mol. The topological polar surface area (TPSA) is 84.9 Å². The molecule has 0 fully saturated rings. The molecule has 34 heavy (non-hydrogen) atoms. The van der Waals surface area contributed by atoms with Gasteiger partial charge in [0.25, 0.3) is 0 Å². The van der Waals surface area contributed by atoms with E-state index in [-0.39, 0.29) is 23.9 Å². The predicted octanol–water partition coefficient (Wildman–Crippen LogP) is 3.56. The molecule has 0 saturated heterocycles. The van der Waals surface area contributed by atoms with Crippen LogP contribution in [0.3, 0.4) is 0 Å². The van der Waals surface area contributed by atoms with E-state index < -0.39 is 10.0 Å². The Morgan fingerprint density at radius 1 is 0.912 bits per heavy atom. The number of nitrogens with one attached hydrogen (secondary N) is 1. The normalized spacial score (nSPS) is 11.3. The first kappa shape index (κ1) is 25.3. The fourth-order valence-corrected chi connectivity index (χ4v) is 5.00. The number of hydrogen-bond acceptors (Lipinski definition) is 5. The highest BCUT2D eigenvalue weighted by atomic mass is 32.2. The van der Waals surface area contributed by atoms with Gasteiger partial charge in [0, 0.05) is 13.1 Å². The number of rotatable bonds is 11. The molecule has 1 N–H and O–H groups in total. The fraction of sp³-hybridized carbons (Fsp3) is 0.269. The number of benzene rings is 3. The molecule has 0 heterocycles. The summed E-state index contributed by atoms with van der Waals surface area (Å²) >= 11 is 0. The van der Waals surface area contributed by atoms with Gasteiger partial charge in [-0.1, -0.05) is 42.5 Å². The van der Waals surface area contributed by atoms with Crippen LogP contribution in [0.5, 0.6) is 11.5 Å². The molecule has 180 valence electrons. The van der Waals surface area contributed by atoms with Crippen molar-refractivity contribution in [3.05, 3.63) is 89.5 Å². The number of sulfonamides is 1. The quantitative estimate of drug-likeness (QED) is 0.452. The zero-order valence-corrected chi connectivity index (χ0v) is 20.5. The van der Waals surface area contributed by atoms with Crippen LogP contribution in [0.25, 0.3) is 0 Å². The Morgan fingerprint density at radius 3 is 2.24 bits per heavy atom. The third kappa shape index (κ3) is 6.59.